The Hall–Kier alpha value is -0.853. The summed E-state index contributed by atoms with van der Waals surface area (Å²) in [5.74, 6) is 0. The summed E-state index contributed by atoms with van der Waals surface area (Å²) in [6.07, 6.45) is 1.31. The average Bonchev–Trinajstić information content (AvgIpc) is 2.56. The minimum absolute atomic E-state index is 0.562. The summed E-state index contributed by atoms with van der Waals surface area (Å²) >= 11 is 0. The molecule has 0 spiro atoms. The van der Waals surface area contributed by atoms with Crippen molar-refractivity contribution in [3.63, 3.8) is 0 Å². The third-order valence-corrected chi connectivity index (χ3v) is 5.77. The van der Waals surface area contributed by atoms with Gasteiger partial charge in [0.25, 0.3) is 0 Å². The first kappa shape index (κ1) is 21.2. The van der Waals surface area contributed by atoms with Crippen molar-refractivity contribution in [2.75, 3.05) is 13.2 Å². The maximum absolute atomic E-state index is 12.7. The summed E-state index contributed by atoms with van der Waals surface area (Å²) in [5.41, 5.74) is 0.191. The Balaban J connectivity index is 2.29. The highest BCUT2D eigenvalue weighted by Crippen LogP contribution is 2.29. The van der Waals surface area contributed by atoms with E-state index >= 15 is 0 Å². The first-order valence-electron chi connectivity index (χ1n) is 8.86. The van der Waals surface area contributed by atoms with Gasteiger partial charge < -0.3 is 8.85 Å². The molecule has 138 valence electrons. The van der Waals surface area contributed by atoms with Crippen LogP contribution in [-0.2, 0) is 21.4 Å². The Morgan fingerprint density at radius 2 is 1.62 bits per heavy atom. The van der Waals surface area contributed by atoms with Gasteiger partial charge in [-0.15, -0.1) is 0 Å². The van der Waals surface area contributed by atoms with Crippen LogP contribution in [0.1, 0.15) is 57.1 Å². The van der Waals surface area contributed by atoms with Crippen molar-refractivity contribution in [2.24, 2.45) is 0 Å². The summed E-state index contributed by atoms with van der Waals surface area (Å²) in [7, 11) is -1.57. The van der Waals surface area contributed by atoms with Crippen LogP contribution in [0.5, 0.6) is 0 Å². The molecule has 0 heterocycles. The fourth-order valence-electron chi connectivity index (χ4n) is 2.43. The van der Waals surface area contributed by atoms with Gasteiger partial charge in [0.1, 0.15) is 0 Å². The molecule has 6 heteroatoms. The minimum atomic E-state index is -4.26. The second-order valence-electron chi connectivity index (χ2n) is 5.97. The van der Waals surface area contributed by atoms with E-state index in [1.807, 2.05) is 0 Å². The molecular formula is C18H29F3O2Si. The van der Waals surface area contributed by atoms with E-state index in [9.17, 15) is 13.2 Å². The molecule has 0 radical (unpaired) electrons. The molecule has 1 rings (SSSR count). The Labute approximate surface area is 145 Å². The number of aryl methyl sites for hydroxylation is 1. The van der Waals surface area contributed by atoms with E-state index in [4.69, 9.17) is 8.85 Å². The molecule has 0 unspecified atom stereocenters. The Morgan fingerprint density at radius 1 is 0.958 bits per heavy atom. The lowest BCUT2D eigenvalue weighted by Crippen LogP contribution is -2.23. The number of unbranched alkanes of at least 4 members (excludes halogenated alkanes) is 2. The van der Waals surface area contributed by atoms with Crippen LogP contribution in [0.3, 0.4) is 0 Å². The quantitative estimate of drug-likeness (QED) is 0.361. The molecule has 0 saturated heterocycles. The zero-order valence-electron chi connectivity index (χ0n) is 14.7. The molecule has 0 bridgehead atoms. The summed E-state index contributed by atoms with van der Waals surface area (Å²) in [4.78, 5) is 0. The van der Waals surface area contributed by atoms with E-state index in [2.05, 4.69) is 13.8 Å². The lowest BCUT2D eigenvalue weighted by atomic mass is 10.0. The van der Waals surface area contributed by atoms with Gasteiger partial charge in [0.05, 0.1) is 5.56 Å². The number of alkyl halides is 3. The van der Waals surface area contributed by atoms with Gasteiger partial charge in [0, 0.05) is 13.2 Å². The fourth-order valence-corrected chi connectivity index (χ4v) is 4.48. The predicted molar refractivity (Wildman–Crippen MR) is 93.4 cm³/mol. The van der Waals surface area contributed by atoms with Crippen LogP contribution in [-0.4, -0.2) is 22.5 Å². The number of rotatable bonds is 12. The van der Waals surface area contributed by atoms with Gasteiger partial charge in [-0.1, -0.05) is 44.9 Å². The molecule has 0 fully saturated rings. The zero-order valence-corrected chi connectivity index (χ0v) is 15.9. The van der Waals surface area contributed by atoms with Crippen LogP contribution < -0.4 is 0 Å². The zero-order chi connectivity index (χ0) is 17.8. The molecule has 0 aliphatic heterocycles. The van der Waals surface area contributed by atoms with E-state index in [0.717, 1.165) is 63.0 Å². The molecule has 24 heavy (non-hydrogen) atoms. The summed E-state index contributed by atoms with van der Waals surface area (Å²) < 4.78 is 49.6. The molecule has 0 aliphatic carbocycles. The number of halogens is 3. The topological polar surface area (TPSA) is 18.5 Å². The molecule has 0 N–H and O–H groups in total. The van der Waals surface area contributed by atoms with Gasteiger partial charge in [0.2, 0.25) is 0 Å². The lowest BCUT2D eigenvalue weighted by molar-refractivity contribution is -0.137. The van der Waals surface area contributed by atoms with E-state index in [0.29, 0.717) is 6.42 Å². The van der Waals surface area contributed by atoms with Gasteiger partial charge in [-0.25, -0.2) is 0 Å². The SMILES string of the molecule is CCCO[SiH](CCCCCc1cccc(C(F)(F)F)c1)OCCC. The van der Waals surface area contributed by atoms with Crippen LogP contribution in [0.15, 0.2) is 24.3 Å². The standard InChI is InChI=1S/C18H29F3O2Si/c1-3-12-22-24(23-13-4-2)14-7-5-6-9-16-10-8-11-17(15-16)18(19,20)21/h8,10-11,15,24H,3-7,9,12-14H2,1-2H3. The fraction of sp³-hybridized carbons (Fsp3) is 0.667. The summed E-state index contributed by atoms with van der Waals surface area (Å²) in [5, 5.41) is 0. The highest BCUT2D eigenvalue weighted by molar-refractivity contribution is 6.44. The van der Waals surface area contributed by atoms with Crippen LogP contribution in [0.2, 0.25) is 6.04 Å². The van der Waals surface area contributed by atoms with E-state index in [1.165, 1.54) is 12.1 Å². The van der Waals surface area contributed by atoms with Crippen molar-refractivity contribution in [1.82, 2.24) is 0 Å². The summed E-state index contributed by atoms with van der Waals surface area (Å²) in [6.45, 7) is 5.68. The molecule has 1 aromatic carbocycles. The molecule has 0 aliphatic rings. The maximum Gasteiger partial charge on any atom is 0.416 e. The highest BCUT2D eigenvalue weighted by atomic mass is 28.3. The molecule has 0 aromatic heterocycles. The van der Waals surface area contributed by atoms with Gasteiger partial charge in [0.15, 0.2) is 0 Å². The first-order chi connectivity index (χ1) is 11.5. The third kappa shape index (κ3) is 8.85. The van der Waals surface area contributed by atoms with Gasteiger partial charge in [-0.05, 0) is 43.4 Å². The molecule has 0 saturated carbocycles. The van der Waals surface area contributed by atoms with Crippen LogP contribution in [0.25, 0.3) is 0 Å². The number of hydrogen-bond donors (Lipinski definition) is 0. The lowest BCUT2D eigenvalue weighted by Gasteiger charge is -2.16. The Kier molecular flexibility index (Phi) is 10.3. The number of benzene rings is 1. The van der Waals surface area contributed by atoms with Gasteiger partial charge in [-0.3, -0.25) is 0 Å². The number of hydrogen-bond acceptors (Lipinski definition) is 2. The molecule has 2 nitrogen and oxygen atoms in total. The molecule has 0 atom stereocenters. The van der Waals surface area contributed by atoms with E-state index < -0.39 is 21.0 Å². The second-order valence-corrected chi connectivity index (χ2v) is 8.07. The van der Waals surface area contributed by atoms with Crippen molar-refractivity contribution < 1.29 is 22.0 Å². The van der Waals surface area contributed by atoms with Crippen molar-refractivity contribution in [3.8, 4) is 0 Å². The first-order valence-corrected chi connectivity index (χ1v) is 10.6. The molecule has 1 aromatic rings. The van der Waals surface area contributed by atoms with Crippen LogP contribution in [0.4, 0.5) is 13.2 Å². The smallest absolute Gasteiger partial charge is 0.397 e. The highest BCUT2D eigenvalue weighted by Gasteiger charge is 2.30. The van der Waals surface area contributed by atoms with Gasteiger partial charge in [-0.2, -0.15) is 13.2 Å². The van der Waals surface area contributed by atoms with Crippen molar-refractivity contribution in [3.05, 3.63) is 35.4 Å². The van der Waals surface area contributed by atoms with Crippen molar-refractivity contribution in [1.29, 1.82) is 0 Å². The molecular weight excluding hydrogens is 333 g/mol. The van der Waals surface area contributed by atoms with Crippen molar-refractivity contribution >= 4 is 9.28 Å². The third-order valence-electron chi connectivity index (χ3n) is 3.68. The monoisotopic (exact) mass is 362 g/mol. The Morgan fingerprint density at radius 3 is 2.21 bits per heavy atom. The second kappa shape index (κ2) is 11.7. The Bertz CT molecular complexity index is 444. The van der Waals surface area contributed by atoms with E-state index in [-0.39, 0.29) is 0 Å². The minimum Gasteiger partial charge on any atom is -0.397 e. The van der Waals surface area contributed by atoms with Crippen molar-refractivity contribution in [2.45, 2.75) is 64.6 Å². The van der Waals surface area contributed by atoms with Crippen LogP contribution >= 0.6 is 0 Å². The average molecular weight is 363 g/mol. The van der Waals surface area contributed by atoms with E-state index in [1.54, 1.807) is 6.07 Å². The maximum atomic E-state index is 12.7. The summed E-state index contributed by atoms with van der Waals surface area (Å²) in [6, 6.07) is 6.60. The molecule has 0 amide bonds. The van der Waals surface area contributed by atoms with Gasteiger partial charge >= 0.3 is 15.5 Å². The normalized spacial score (nSPS) is 12.1. The predicted octanol–water partition coefficient (Wildman–Crippen LogP) is 5.49. The largest absolute Gasteiger partial charge is 0.416 e. The van der Waals surface area contributed by atoms with Crippen LogP contribution in [0, 0.1) is 0 Å².